The molecule has 0 unspecified atom stereocenters. The molecule has 6 nitrogen and oxygen atoms in total. The lowest BCUT2D eigenvalue weighted by Crippen LogP contribution is -2.14. The number of carbonyl (C=O) groups excluding carboxylic acids is 1. The van der Waals surface area contributed by atoms with Crippen LogP contribution in [0.4, 0.5) is 5.69 Å². The quantitative estimate of drug-likeness (QED) is 0.737. The van der Waals surface area contributed by atoms with Gasteiger partial charge in [-0.1, -0.05) is 17.7 Å². The summed E-state index contributed by atoms with van der Waals surface area (Å²) in [5, 5.41) is 3.24. The number of amides is 1. The number of benzene rings is 2. The molecule has 0 saturated carbocycles. The van der Waals surface area contributed by atoms with Crippen molar-refractivity contribution in [2.45, 2.75) is 6.92 Å². The summed E-state index contributed by atoms with van der Waals surface area (Å²) in [6.45, 7) is 1.94. The first-order valence-corrected chi connectivity index (χ1v) is 7.59. The van der Waals surface area contributed by atoms with E-state index in [1.165, 1.54) is 20.3 Å². The molecule has 0 aliphatic carbocycles. The molecule has 1 N–H and O–H groups in total. The lowest BCUT2D eigenvalue weighted by molar-refractivity contribution is 0.102. The summed E-state index contributed by atoms with van der Waals surface area (Å²) in [6, 6.07) is 11.6. The highest BCUT2D eigenvalue weighted by molar-refractivity contribution is 6.09. The summed E-state index contributed by atoms with van der Waals surface area (Å²) in [4.78, 5) is 24.4. The van der Waals surface area contributed by atoms with Crippen LogP contribution in [0.15, 0.2) is 51.7 Å². The number of aryl methyl sites for hydroxylation is 1. The van der Waals surface area contributed by atoms with Crippen molar-refractivity contribution >= 4 is 22.6 Å². The van der Waals surface area contributed by atoms with Crippen molar-refractivity contribution in [3.8, 4) is 11.5 Å². The van der Waals surface area contributed by atoms with Gasteiger partial charge in [0.15, 0.2) is 0 Å². The molecule has 3 rings (SSSR count). The molecular weight excluding hydrogens is 322 g/mol. The lowest BCUT2D eigenvalue weighted by Gasteiger charge is -2.12. The van der Waals surface area contributed by atoms with Gasteiger partial charge in [0.2, 0.25) is 0 Å². The standard InChI is InChI=1S/C19H17NO5/c1-11-4-6-12(7-5-11)19(22)20-14-10-17(21)25-16-9-13(23-2)8-15(24-3)18(14)16/h4-10H,1-3H3,(H,20,22). The molecule has 25 heavy (non-hydrogen) atoms. The summed E-state index contributed by atoms with van der Waals surface area (Å²) in [5.41, 5.74) is 1.54. The Morgan fingerprint density at radius 2 is 1.76 bits per heavy atom. The van der Waals surface area contributed by atoms with Crippen LogP contribution in [0.2, 0.25) is 0 Å². The summed E-state index contributed by atoms with van der Waals surface area (Å²) in [5.74, 6) is 0.580. The zero-order chi connectivity index (χ0) is 18.0. The largest absolute Gasteiger partial charge is 0.496 e. The van der Waals surface area contributed by atoms with Gasteiger partial charge >= 0.3 is 5.63 Å². The Bertz CT molecular complexity index is 989. The number of hydrogen-bond acceptors (Lipinski definition) is 5. The Labute approximate surface area is 144 Å². The topological polar surface area (TPSA) is 77.8 Å². The van der Waals surface area contributed by atoms with E-state index < -0.39 is 5.63 Å². The smallest absolute Gasteiger partial charge is 0.338 e. The molecule has 2 aromatic carbocycles. The molecule has 6 heteroatoms. The number of fused-ring (bicyclic) bond motifs is 1. The van der Waals surface area contributed by atoms with Crippen LogP contribution in [-0.4, -0.2) is 20.1 Å². The monoisotopic (exact) mass is 339 g/mol. The van der Waals surface area contributed by atoms with E-state index in [-0.39, 0.29) is 11.5 Å². The number of nitrogens with one attached hydrogen (secondary N) is 1. The number of methoxy groups -OCH3 is 2. The maximum atomic E-state index is 12.5. The third kappa shape index (κ3) is 3.33. The average molecular weight is 339 g/mol. The highest BCUT2D eigenvalue weighted by atomic mass is 16.5. The highest BCUT2D eigenvalue weighted by Crippen LogP contribution is 2.35. The predicted octanol–water partition coefficient (Wildman–Crippen LogP) is 3.37. The zero-order valence-corrected chi connectivity index (χ0v) is 14.1. The van der Waals surface area contributed by atoms with E-state index >= 15 is 0 Å². The fourth-order valence-electron chi connectivity index (χ4n) is 2.52. The number of carbonyl (C=O) groups is 1. The maximum absolute atomic E-state index is 12.5. The summed E-state index contributed by atoms with van der Waals surface area (Å²) in [7, 11) is 2.99. The Balaban J connectivity index is 2.10. The summed E-state index contributed by atoms with van der Waals surface area (Å²) >= 11 is 0. The molecule has 0 spiro atoms. The molecule has 0 aliphatic heterocycles. The van der Waals surface area contributed by atoms with Gasteiger partial charge in [-0.3, -0.25) is 4.79 Å². The molecular formula is C19H17NO5. The molecule has 0 bridgehead atoms. The minimum absolute atomic E-state index is 0.267. The first-order chi connectivity index (χ1) is 12.0. The van der Waals surface area contributed by atoms with Crippen LogP contribution in [0.3, 0.4) is 0 Å². The van der Waals surface area contributed by atoms with E-state index in [9.17, 15) is 9.59 Å². The number of rotatable bonds is 4. The first kappa shape index (κ1) is 16.6. The van der Waals surface area contributed by atoms with E-state index in [4.69, 9.17) is 13.9 Å². The van der Waals surface area contributed by atoms with Crippen LogP contribution in [0.5, 0.6) is 11.5 Å². The van der Waals surface area contributed by atoms with E-state index in [0.717, 1.165) is 5.56 Å². The van der Waals surface area contributed by atoms with E-state index in [1.54, 1.807) is 24.3 Å². The van der Waals surface area contributed by atoms with Crippen molar-refractivity contribution in [1.82, 2.24) is 0 Å². The van der Waals surface area contributed by atoms with Crippen molar-refractivity contribution in [2.24, 2.45) is 0 Å². The van der Waals surface area contributed by atoms with Crippen molar-refractivity contribution in [3.05, 3.63) is 64.0 Å². The minimum Gasteiger partial charge on any atom is -0.496 e. The van der Waals surface area contributed by atoms with Crippen molar-refractivity contribution in [1.29, 1.82) is 0 Å². The van der Waals surface area contributed by atoms with E-state index in [2.05, 4.69) is 5.32 Å². The van der Waals surface area contributed by atoms with E-state index in [1.807, 2.05) is 19.1 Å². The van der Waals surface area contributed by atoms with Gasteiger partial charge in [0.1, 0.15) is 17.1 Å². The third-order valence-corrected chi connectivity index (χ3v) is 3.80. The third-order valence-electron chi connectivity index (χ3n) is 3.80. The highest BCUT2D eigenvalue weighted by Gasteiger charge is 2.16. The van der Waals surface area contributed by atoms with Crippen molar-refractivity contribution in [2.75, 3.05) is 19.5 Å². The Kier molecular flexibility index (Phi) is 4.43. The van der Waals surface area contributed by atoms with Crippen LogP contribution in [-0.2, 0) is 0 Å². The Morgan fingerprint density at radius 1 is 1.04 bits per heavy atom. The lowest BCUT2D eigenvalue weighted by atomic mass is 10.1. The maximum Gasteiger partial charge on any atom is 0.338 e. The molecule has 0 saturated heterocycles. The summed E-state index contributed by atoms with van der Waals surface area (Å²) in [6.07, 6.45) is 0. The van der Waals surface area contributed by atoms with Gasteiger partial charge in [0, 0.05) is 23.8 Å². The second kappa shape index (κ2) is 6.68. The predicted molar refractivity (Wildman–Crippen MR) is 94.7 cm³/mol. The fraction of sp³-hybridized carbons (Fsp3) is 0.158. The Morgan fingerprint density at radius 3 is 2.40 bits per heavy atom. The van der Waals surface area contributed by atoms with Gasteiger partial charge in [-0.25, -0.2) is 4.79 Å². The Hall–Kier alpha value is -3.28. The van der Waals surface area contributed by atoms with Crippen molar-refractivity contribution in [3.63, 3.8) is 0 Å². The molecule has 3 aromatic rings. The molecule has 0 fully saturated rings. The molecule has 0 aliphatic rings. The summed E-state index contributed by atoms with van der Waals surface area (Å²) < 4.78 is 15.8. The van der Waals surface area contributed by atoms with Gasteiger partial charge in [-0.05, 0) is 19.1 Å². The van der Waals surface area contributed by atoms with Gasteiger partial charge in [0.05, 0.1) is 25.3 Å². The zero-order valence-electron chi connectivity index (χ0n) is 14.1. The fourth-order valence-corrected chi connectivity index (χ4v) is 2.52. The molecule has 0 radical (unpaired) electrons. The van der Waals surface area contributed by atoms with Crippen LogP contribution < -0.4 is 20.4 Å². The van der Waals surface area contributed by atoms with Gasteiger partial charge in [-0.15, -0.1) is 0 Å². The van der Waals surface area contributed by atoms with E-state index in [0.29, 0.717) is 28.1 Å². The van der Waals surface area contributed by atoms with Crippen LogP contribution in [0, 0.1) is 6.92 Å². The van der Waals surface area contributed by atoms with Crippen LogP contribution in [0.1, 0.15) is 15.9 Å². The second-order valence-electron chi connectivity index (χ2n) is 5.50. The van der Waals surface area contributed by atoms with Crippen LogP contribution in [0.25, 0.3) is 11.0 Å². The van der Waals surface area contributed by atoms with Gasteiger partial charge in [0.25, 0.3) is 5.91 Å². The van der Waals surface area contributed by atoms with Crippen LogP contribution >= 0.6 is 0 Å². The number of hydrogen-bond donors (Lipinski definition) is 1. The van der Waals surface area contributed by atoms with Crippen molar-refractivity contribution < 1.29 is 18.7 Å². The van der Waals surface area contributed by atoms with Gasteiger partial charge in [-0.2, -0.15) is 0 Å². The molecule has 0 atom stereocenters. The molecule has 1 amide bonds. The number of anilines is 1. The first-order valence-electron chi connectivity index (χ1n) is 7.59. The second-order valence-corrected chi connectivity index (χ2v) is 5.50. The normalized spacial score (nSPS) is 10.5. The molecule has 1 heterocycles. The number of ether oxygens (including phenoxy) is 2. The SMILES string of the molecule is COc1cc(OC)c2c(NC(=O)c3ccc(C)cc3)cc(=O)oc2c1. The molecule has 1 aromatic heterocycles. The minimum atomic E-state index is -0.581. The average Bonchev–Trinajstić information content (AvgIpc) is 2.60. The van der Waals surface area contributed by atoms with Gasteiger partial charge < -0.3 is 19.2 Å². The molecule has 128 valence electrons.